The van der Waals surface area contributed by atoms with E-state index in [1.54, 1.807) is 12.4 Å². The number of hydrogen-bond acceptors (Lipinski definition) is 3. The van der Waals surface area contributed by atoms with Gasteiger partial charge in [-0.25, -0.2) is 13.8 Å². The van der Waals surface area contributed by atoms with Crippen LogP contribution in [0.3, 0.4) is 0 Å². The summed E-state index contributed by atoms with van der Waals surface area (Å²) in [6, 6.07) is 3.59. The van der Waals surface area contributed by atoms with Gasteiger partial charge in [-0.1, -0.05) is 6.07 Å². The van der Waals surface area contributed by atoms with E-state index in [4.69, 9.17) is 0 Å². The van der Waals surface area contributed by atoms with Gasteiger partial charge >= 0.3 is 0 Å². The summed E-state index contributed by atoms with van der Waals surface area (Å²) < 4.78 is 26.9. The second kappa shape index (κ2) is 5.89. The number of aromatic amines is 1. The number of carbonyl (C=O) groups is 1. The van der Waals surface area contributed by atoms with Crippen molar-refractivity contribution in [1.82, 2.24) is 14.9 Å². The molecule has 24 heavy (non-hydrogen) atoms. The minimum Gasteiger partial charge on any atom is -0.339 e. The third-order valence-corrected chi connectivity index (χ3v) is 4.84. The summed E-state index contributed by atoms with van der Waals surface area (Å²) in [4.78, 5) is 23.8. The van der Waals surface area contributed by atoms with E-state index in [0.29, 0.717) is 25.1 Å². The van der Waals surface area contributed by atoms with Crippen LogP contribution in [0.5, 0.6) is 0 Å². The van der Waals surface area contributed by atoms with Crippen LogP contribution in [0.1, 0.15) is 17.9 Å². The van der Waals surface area contributed by atoms with Gasteiger partial charge in [0.25, 0.3) is 0 Å². The van der Waals surface area contributed by atoms with Crippen LogP contribution in [0.25, 0.3) is 0 Å². The molecule has 1 N–H and O–H groups in total. The Kier molecular flexibility index (Phi) is 3.70. The molecule has 1 saturated heterocycles. The Balaban J connectivity index is 1.36. The number of benzene rings is 1. The zero-order valence-electron chi connectivity index (χ0n) is 13.1. The van der Waals surface area contributed by atoms with Crippen LogP contribution in [0.15, 0.2) is 30.6 Å². The molecule has 5 nitrogen and oxygen atoms in total. The molecule has 1 saturated carbocycles. The van der Waals surface area contributed by atoms with Crippen LogP contribution < -0.4 is 4.90 Å². The molecule has 4 rings (SSSR count). The molecule has 2 fully saturated rings. The number of halogens is 2. The maximum absolute atomic E-state index is 13.8. The van der Waals surface area contributed by atoms with Crippen molar-refractivity contribution in [1.29, 1.82) is 0 Å². The summed E-state index contributed by atoms with van der Waals surface area (Å²) in [6.45, 7) is 2.71. The van der Waals surface area contributed by atoms with Crippen molar-refractivity contribution in [2.45, 2.75) is 12.3 Å². The smallest absolute Gasteiger partial charge is 0.226 e. The lowest BCUT2D eigenvalue weighted by atomic mass is 10.1. The number of nitrogens with zero attached hydrogens (tertiary/aromatic N) is 3. The number of nitrogens with one attached hydrogen (secondary N) is 1. The maximum Gasteiger partial charge on any atom is 0.226 e. The minimum atomic E-state index is -0.589. The van der Waals surface area contributed by atoms with Gasteiger partial charge in [0.15, 0.2) is 0 Å². The quantitative estimate of drug-likeness (QED) is 0.937. The molecule has 2 atom stereocenters. The van der Waals surface area contributed by atoms with Crippen molar-refractivity contribution >= 4 is 11.9 Å². The van der Waals surface area contributed by atoms with Crippen LogP contribution in [0.4, 0.5) is 14.7 Å². The van der Waals surface area contributed by atoms with Gasteiger partial charge in [0, 0.05) is 50.6 Å². The third kappa shape index (κ3) is 2.74. The fraction of sp³-hybridized carbons (Fsp3) is 0.412. The number of rotatable bonds is 3. The Morgan fingerprint density at radius 1 is 1.21 bits per heavy atom. The normalized spacial score (nSPS) is 23.4. The maximum atomic E-state index is 13.8. The van der Waals surface area contributed by atoms with Gasteiger partial charge < -0.3 is 14.8 Å². The lowest BCUT2D eigenvalue weighted by Gasteiger charge is -2.34. The first kappa shape index (κ1) is 15.1. The molecule has 0 radical (unpaired) electrons. The van der Waals surface area contributed by atoms with E-state index in [1.807, 2.05) is 4.90 Å². The first-order chi connectivity index (χ1) is 11.6. The molecule has 2 aromatic rings. The number of amides is 1. The highest BCUT2D eigenvalue weighted by Gasteiger charge is 2.47. The van der Waals surface area contributed by atoms with Crippen molar-refractivity contribution in [2.24, 2.45) is 5.92 Å². The Morgan fingerprint density at radius 2 is 2.00 bits per heavy atom. The van der Waals surface area contributed by atoms with E-state index in [-0.39, 0.29) is 17.7 Å². The Morgan fingerprint density at radius 3 is 2.67 bits per heavy atom. The van der Waals surface area contributed by atoms with E-state index in [1.165, 1.54) is 12.1 Å². The lowest BCUT2D eigenvalue weighted by molar-refractivity contribution is -0.133. The van der Waals surface area contributed by atoms with Crippen molar-refractivity contribution < 1.29 is 13.6 Å². The van der Waals surface area contributed by atoms with Gasteiger partial charge in [-0.15, -0.1) is 0 Å². The van der Waals surface area contributed by atoms with E-state index in [2.05, 4.69) is 14.9 Å². The first-order valence-corrected chi connectivity index (χ1v) is 8.11. The molecule has 126 valence electrons. The van der Waals surface area contributed by atoms with Crippen LogP contribution in [0, 0.1) is 17.6 Å². The number of carbonyl (C=O) groups excluding carboxylic acids is 1. The minimum absolute atomic E-state index is 0.0721. The molecular weight excluding hydrogens is 314 g/mol. The summed E-state index contributed by atoms with van der Waals surface area (Å²) >= 11 is 0. The first-order valence-electron chi connectivity index (χ1n) is 8.11. The molecule has 1 aliphatic carbocycles. The van der Waals surface area contributed by atoms with E-state index >= 15 is 0 Å². The molecule has 0 bridgehead atoms. The van der Waals surface area contributed by atoms with Crippen molar-refractivity contribution in [2.75, 3.05) is 31.1 Å². The van der Waals surface area contributed by atoms with Crippen LogP contribution in [-0.4, -0.2) is 47.0 Å². The highest BCUT2D eigenvalue weighted by Crippen LogP contribution is 2.49. The van der Waals surface area contributed by atoms with Crippen LogP contribution in [0.2, 0.25) is 0 Å². The zero-order chi connectivity index (χ0) is 16.7. The summed E-state index contributed by atoms with van der Waals surface area (Å²) in [7, 11) is 0. The number of hydrogen-bond donors (Lipinski definition) is 1. The van der Waals surface area contributed by atoms with Crippen LogP contribution >= 0.6 is 0 Å². The monoisotopic (exact) mass is 332 g/mol. The van der Waals surface area contributed by atoms with E-state index < -0.39 is 11.6 Å². The third-order valence-electron chi connectivity index (χ3n) is 4.84. The number of aromatic nitrogens is 2. The van der Waals surface area contributed by atoms with Crippen LogP contribution in [-0.2, 0) is 4.79 Å². The molecule has 1 aromatic carbocycles. The molecule has 7 heteroatoms. The molecule has 0 unspecified atom stereocenters. The molecule has 1 aliphatic heterocycles. The van der Waals surface area contributed by atoms with Gasteiger partial charge in [-0.2, -0.15) is 0 Å². The average molecular weight is 332 g/mol. The van der Waals surface area contributed by atoms with Crippen molar-refractivity contribution in [3.63, 3.8) is 0 Å². The lowest BCUT2D eigenvalue weighted by Crippen LogP contribution is -2.49. The number of H-pyrrole nitrogens is 1. The van der Waals surface area contributed by atoms with Gasteiger partial charge in [0.05, 0.1) is 0 Å². The number of piperazine rings is 1. The molecule has 0 spiro atoms. The van der Waals surface area contributed by atoms with Crippen molar-refractivity contribution in [3.8, 4) is 0 Å². The molecule has 1 aromatic heterocycles. The number of imidazole rings is 1. The molecular formula is C17H18F2N4O. The summed E-state index contributed by atoms with van der Waals surface area (Å²) in [5.74, 6) is -0.560. The number of anilines is 1. The highest BCUT2D eigenvalue weighted by molar-refractivity contribution is 5.83. The fourth-order valence-electron chi connectivity index (χ4n) is 3.42. The van der Waals surface area contributed by atoms with Gasteiger partial charge in [0.2, 0.25) is 11.9 Å². The Labute approximate surface area is 138 Å². The zero-order valence-corrected chi connectivity index (χ0v) is 13.1. The summed E-state index contributed by atoms with van der Waals surface area (Å²) in [5.41, 5.74) is 0.448. The van der Waals surface area contributed by atoms with Crippen molar-refractivity contribution in [3.05, 3.63) is 47.8 Å². The van der Waals surface area contributed by atoms with E-state index in [9.17, 15) is 13.6 Å². The fourth-order valence-corrected chi connectivity index (χ4v) is 3.42. The van der Waals surface area contributed by atoms with Gasteiger partial charge in [0.1, 0.15) is 11.6 Å². The predicted octanol–water partition coefficient (Wildman–Crippen LogP) is 2.14. The van der Waals surface area contributed by atoms with Gasteiger partial charge in [-0.05, 0) is 24.0 Å². The largest absolute Gasteiger partial charge is 0.339 e. The van der Waals surface area contributed by atoms with E-state index in [0.717, 1.165) is 25.1 Å². The van der Waals surface area contributed by atoms with Gasteiger partial charge in [-0.3, -0.25) is 4.79 Å². The topological polar surface area (TPSA) is 52.2 Å². The second-order valence-electron chi connectivity index (χ2n) is 6.34. The standard InChI is InChI=1S/C17H18F2N4O/c18-11-1-2-12(15(19)9-11)13-10-14(13)16(24)22-5-7-23(8-6-22)17-20-3-4-21-17/h1-4,9,13-14H,5-8,10H2,(H,20,21)/t13-,14+/m0/s1. The molecule has 2 aliphatic rings. The molecule has 1 amide bonds. The summed E-state index contributed by atoms with van der Waals surface area (Å²) in [6.07, 6.45) is 4.12. The Hall–Kier alpha value is -2.44. The average Bonchev–Trinajstić information content (AvgIpc) is 3.17. The molecule has 2 heterocycles. The highest BCUT2D eigenvalue weighted by atomic mass is 19.1. The Bertz CT molecular complexity index is 741. The second-order valence-corrected chi connectivity index (χ2v) is 6.34. The predicted molar refractivity (Wildman–Crippen MR) is 84.6 cm³/mol. The summed E-state index contributed by atoms with van der Waals surface area (Å²) in [5, 5.41) is 0. The SMILES string of the molecule is O=C([C@@H]1C[C@H]1c1ccc(F)cc1F)N1CCN(c2ncc[nH]2)CC1.